The molecule has 5 nitrogen and oxygen atoms in total. The summed E-state index contributed by atoms with van der Waals surface area (Å²) in [6.45, 7) is 8.57. The van der Waals surface area contributed by atoms with Gasteiger partial charge in [-0.2, -0.15) is 0 Å². The molecule has 4 unspecified atom stereocenters. The van der Waals surface area contributed by atoms with E-state index in [2.05, 4.69) is 36.9 Å². The van der Waals surface area contributed by atoms with Gasteiger partial charge in [0.25, 0.3) is 0 Å². The number of benzene rings is 1. The number of thiol groups is 1. The van der Waals surface area contributed by atoms with Gasteiger partial charge in [0, 0.05) is 30.6 Å². The summed E-state index contributed by atoms with van der Waals surface area (Å²) in [6, 6.07) is 6.88. The largest absolute Gasteiger partial charge is 0.290 e. The number of rotatable bonds is 8. The van der Waals surface area contributed by atoms with Crippen molar-refractivity contribution in [2.24, 2.45) is 21.8 Å². The van der Waals surface area contributed by atoms with Gasteiger partial charge in [-0.25, -0.2) is 9.87 Å². The van der Waals surface area contributed by atoms with Gasteiger partial charge in [0.05, 0.1) is 5.57 Å². The van der Waals surface area contributed by atoms with E-state index in [1.807, 2.05) is 26.0 Å². The van der Waals surface area contributed by atoms with Crippen molar-refractivity contribution >= 4 is 29.3 Å². The predicted molar refractivity (Wildman–Crippen MR) is 122 cm³/mol. The van der Waals surface area contributed by atoms with Crippen LogP contribution in [0.3, 0.4) is 0 Å². The number of nitrogens with one attached hydrogen (secondary N) is 1. The molecular weight excluding hydrogens is 401 g/mol. The topological polar surface area (TPSA) is 63.1 Å². The Morgan fingerprint density at radius 3 is 2.70 bits per heavy atom. The van der Waals surface area contributed by atoms with Crippen molar-refractivity contribution in [2.45, 2.75) is 59.1 Å². The molecule has 1 aliphatic carbocycles. The maximum atomic E-state index is 13.2. The number of hydrogen-bond acceptors (Lipinski definition) is 4. The summed E-state index contributed by atoms with van der Waals surface area (Å²) in [5.41, 5.74) is 6.34. The minimum atomic E-state index is -0.309. The first-order valence-electron chi connectivity index (χ1n) is 10.5. The van der Waals surface area contributed by atoms with Crippen molar-refractivity contribution in [3.63, 3.8) is 0 Å². The lowest BCUT2D eigenvalue weighted by Gasteiger charge is -2.25. The van der Waals surface area contributed by atoms with E-state index in [0.717, 1.165) is 36.1 Å². The van der Waals surface area contributed by atoms with Crippen molar-refractivity contribution in [3.05, 3.63) is 46.8 Å². The third-order valence-corrected chi connectivity index (χ3v) is 6.12. The lowest BCUT2D eigenvalue weighted by Crippen LogP contribution is -2.38. The zero-order chi connectivity index (χ0) is 21.8. The number of hydroxylamine groups is 1. The van der Waals surface area contributed by atoms with E-state index in [4.69, 9.17) is 9.83 Å². The zero-order valence-corrected chi connectivity index (χ0v) is 18.9. The molecule has 0 radical (unpaired) electrons. The van der Waals surface area contributed by atoms with Crippen LogP contribution >= 0.6 is 12.6 Å². The highest BCUT2D eigenvalue weighted by molar-refractivity contribution is 7.97. The molecule has 0 bridgehead atoms. The predicted octanol–water partition coefficient (Wildman–Crippen LogP) is 4.34. The van der Waals surface area contributed by atoms with Crippen molar-refractivity contribution in [1.29, 1.82) is 0 Å². The van der Waals surface area contributed by atoms with Crippen LogP contribution in [0.2, 0.25) is 0 Å². The summed E-state index contributed by atoms with van der Waals surface area (Å²) in [7, 11) is 0. The average molecular weight is 432 g/mol. The molecule has 1 aromatic carbocycles. The molecule has 2 aliphatic rings. The van der Waals surface area contributed by atoms with Gasteiger partial charge in [0.2, 0.25) is 5.12 Å². The Morgan fingerprint density at radius 1 is 1.37 bits per heavy atom. The van der Waals surface area contributed by atoms with Gasteiger partial charge in [0.1, 0.15) is 11.9 Å². The van der Waals surface area contributed by atoms with E-state index in [9.17, 15) is 9.18 Å². The molecule has 3 rings (SSSR count). The minimum absolute atomic E-state index is 0.200. The molecule has 1 aliphatic heterocycles. The van der Waals surface area contributed by atoms with E-state index in [1.54, 1.807) is 0 Å². The highest BCUT2D eigenvalue weighted by atomic mass is 32.1. The van der Waals surface area contributed by atoms with Crippen LogP contribution < -0.4 is 5.48 Å². The number of aliphatic imine (C=N–C) groups is 2. The van der Waals surface area contributed by atoms with Crippen LogP contribution in [0.4, 0.5) is 4.39 Å². The van der Waals surface area contributed by atoms with Crippen LogP contribution in [0.25, 0.3) is 0 Å². The molecule has 7 heteroatoms. The smallest absolute Gasteiger partial charge is 0.220 e. The Balaban J connectivity index is 1.72. The third-order valence-electron chi connectivity index (χ3n) is 5.90. The first-order chi connectivity index (χ1) is 14.3. The molecule has 1 saturated carbocycles. The van der Waals surface area contributed by atoms with Gasteiger partial charge in [-0.3, -0.25) is 19.6 Å². The van der Waals surface area contributed by atoms with Crippen molar-refractivity contribution in [1.82, 2.24) is 5.48 Å². The molecule has 1 N–H and O–H groups in total. The van der Waals surface area contributed by atoms with Crippen LogP contribution in [0, 0.1) is 17.7 Å². The summed E-state index contributed by atoms with van der Waals surface area (Å²) in [5.74, 6) is 0.958. The monoisotopic (exact) mass is 431 g/mol. The molecule has 162 valence electrons. The zero-order valence-electron chi connectivity index (χ0n) is 18.0. The summed E-state index contributed by atoms with van der Waals surface area (Å²) in [6.07, 6.45) is 2.51. The van der Waals surface area contributed by atoms with Crippen molar-refractivity contribution < 1.29 is 14.0 Å². The standard InChI is InChI=1S/C23H30FN3O2S/c1-5-13(2)26-20(10-16-6-8-18(24)9-7-16)19-11-17(19)12-25-22-21(23(28)30)14(3)15(4)29-27-22/h6-9,13,15,17,19H,5,10-12H2,1-4H3,(H,25,27)(H,28,30). The highest BCUT2D eigenvalue weighted by Crippen LogP contribution is 2.41. The molecule has 4 atom stereocenters. The van der Waals surface area contributed by atoms with Gasteiger partial charge in [-0.1, -0.05) is 19.1 Å². The molecule has 30 heavy (non-hydrogen) atoms. The fourth-order valence-corrected chi connectivity index (χ4v) is 3.86. The molecule has 1 heterocycles. The van der Waals surface area contributed by atoms with Crippen LogP contribution in [0.1, 0.15) is 46.1 Å². The molecule has 0 spiro atoms. The van der Waals surface area contributed by atoms with Crippen molar-refractivity contribution in [3.8, 4) is 0 Å². The second kappa shape index (κ2) is 9.88. The second-order valence-electron chi connectivity index (χ2n) is 8.20. The molecule has 1 fully saturated rings. The lowest BCUT2D eigenvalue weighted by molar-refractivity contribution is -0.107. The van der Waals surface area contributed by atoms with Gasteiger partial charge < -0.3 is 0 Å². The molecule has 1 aromatic rings. The first-order valence-corrected chi connectivity index (χ1v) is 11.0. The summed E-state index contributed by atoms with van der Waals surface area (Å²) >= 11 is 4.00. The number of nitrogens with zero attached hydrogens (tertiary/aromatic N) is 2. The Kier molecular flexibility index (Phi) is 7.47. The fraction of sp³-hybridized carbons (Fsp3) is 0.522. The minimum Gasteiger partial charge on any atom is -0.290 e. The maximum Gasteiger partial charge on any atom is 0.220 e. The molecular formula is C23H30FN3O2S. The number of halogens is 1. The van der Waals surface area contributed by atoms with Crippen molar-refractivity contribution in [2.75, 3.05) is 6.54 Å². The Labute approximate surface area is 183 Å². The van der Waals surface area contributed by atoms with Crippen LogP contribution in [0.5, 0.6) is 0 Å². The van der Waals surface area contributed by atoms with Crippen LogP contribution in [0.15, 0.2) is 45.4 Å². The lowest BCUT2D eigenvalue weighted by atomic mass is 10.0. The quantitative estimate of drug-likeness (QED) is 0.475. The average Bonchev–Trinajstić information content (AvgIpc) is 3.49. The summed E-state index contributed by atoms with van der Waals surface area (Å²) in [5, 5.41) is -0.309. The number of hydrogen-bond donors (Lipinski definition) is 2. The van der Waals surface area contributed by atoms with E-state index < -0.39 is 0 Å². The maximum absolute atomic E-state index is 13.2. The summed E-state index contributed by atoms with van der Waals surface area (Å²) < 4.78 is 13.2. The Morgan fingerprint density at radius 2 is 2.07 bits per heavy atom. The Hall–Kier alpha value is -1.99. The molecule has 0 amide bonds. The third kappa shape index (κ3) is 5.58. The van der Waals surface area contributed by atoms with Crippen LogP contribution in [-0.4, -0.2) is 35.4 Å². The number of carbonyl (C=O) groups is 1. The summed E-state index contributed by atoms with van der Waals surface area (Å²) in [4.78, 5) is 27.0. The second-order valence-corrected chi connectivity index (χ2v) is 8.60. The SMILES string of the molecule is CCC(C)N=C(Cc1ccc(F)cc1)C1CC1CN=C1NOC(C)C(C)=C1C(=O)S. The van der Waals surface area contributed by atoms with Crippen LogP contribution in [-0.2, 0) is 16.1 Å². The number of carbonyl (C=O) groups excluding carboxylic acids is 1. The number of amidine groups is 1. The van der Waals surface area contributed by atoms with E-state index in [0.29, 0.717) is 29.8 Å². The van der Waals surface area contributed by atoms with Gasteiger partial charge in [-0.15, -0.1) is 12.6 Å². The van der Waals surface area contributed by atoms with E-state index in [-0.39, 0.29) is 23.1 Å². The molecule has 0 aromatic heterocycles. The first kappa shape index (κ1) is 22.7. The molecule has 0 saturated heterocycles. The van der Waals surface area contributed by atoms with Gasteiger partial charge in [-0.05, 0) is 62.8 Å². The normalized spacial score (nSPS) is 26.5. The van der Waals surface area contributed by atoms with Gasteiger partial charge in [0.15, 0.2) is 5.84 Å². The fourth-order valence-electron chi connectivity index (χ4n) is 3.58. The van der Waals surface area contributed by atoms with E-state index in [1.165, 1.54) is 12.1 Å². The van der Waals surface area contributed by atoms with E-state index >= 15 is 0 Å². The highest BCUT2D eigenvalue weighted by Gasteiger charge is 2.41. The van der Waals surface area contributed by atoms with Gasteiger partial charge >= 0.3 is 0 Å². The Bertz CT molecular complexity index is 879.